The van der Waals surface area contributed by atoms with E-state index in [4.69, 9.17) is 9.47 Å². The average Bonchev–Trinajstić information content (AvgIpc) is 2.85. The normalized spacial score (nSPS) is 33.4. The number of aliphatic hydroxyl groups excluding tert-OH is 1. The molecule has 2 aliphatic rings. The van der Waals surface area contributed by atoms with Gasteiger partial charge >= 0.3 is 6.03 Å². The molecule has 2 aliphatic heterocycles. The average molecular weight is 340 g/mol. The Hall–Kier alpha value is -1.44. The van der Waals surface area contributed by atoms with Gasteiger partial charge in [0.25, 0.3) is 0 Å². The van der Waals surface area contributed by atoms with Gasteiger partial charge in [0.1, 0.15) is 18.8 Å². The molecule has 2 rings (SSSR count). The number of amides is 2. The molecule has 2 amide bonds. The molecule has 0 saturated carbocycles. The van der Waals surface area contributed by atoms with Gasteiger partial charge in [0.05, 0.1) is 12.1 Å². The first-order valence-corrected chi connectivity index (χ1v) is 8.63. The van der Waals surface area contributed by atoms with Gasteiger partial charge in [0.15, 0.2) is 12.0 Å². The lowest BCUT2D eigenvalue weighted by molar-refractivity contribution is -0.131. The van der Waals surface area contributed by atoms with E-state index >= 15 is 0 Å². The summed E-state index contributed by atoms with van der Waals surface area (Å²) in [5.41, 5.74) is 0.980. The third-order valence-electron chi connectivity index (χ3n) is 4.56. The Labute approximate surface area is 143 Å². The summed E-state index contributed by atoms with van der Waals surface area (Å²) >= 11 is 0. The second kappa shape index (κ2) is 8.09. The fourth-order valence-electron chi connectivity index (χ4n) is 2.95. The van der Waals surface area contributed by atoms with Gasteiger partial charge in [-0.2, -0.15) is 0 Å². The van der Waals surface area contributed by atoms with Gasteiger partial charge in [-0.05, 0) is 32.3 Å². The molecule has 2 heterocycles. The lowest BCUT2D eigenvalue weighted by Gasteiger charge is -2.35. The maximum absolute atomic E-state index is 12.3. The molecule has 0 spiro atoms. The van der Waals surface area contributed by atoms with Gasteiger partial charge in [-0.3, -0.25) is 9.69 Å². The molecular weight excluding hydrogens is 312 g/mol. The fourth-order valence-corrected chi connectivity index (χ4v) is 2.95. The molecule has 7 heteroatoms. The second-order valence-corrected chi connectivity index (χ2v) is 6.48. The van der Waals surface area contributed by atoms with Crippen LogP contribution in [-0.4, -0.2) is 59.0 Å². The number of carbonyl (C=O) groups excluding carboxylic acids is 2. The third-order valence-corrected chi connectivity index (χ3v) is 4.56. The number of nitrogens with one attached hydrogen (secondary N) is 1. The number of ketones is 1. The van der Waals surface area contributed by atoms with Crippen molar-refractivity contribution in [1.82, 2.24) is 10.2 Å². The van der Waals surface area contributed by atoms with E-state index in [1.165, 1.54) is 4.90 Å². The van der Waals surface area contributed by atoms with Crippen LogP contribution >= 0.6 is 0 Å². The highest BCUT2D eigenvalue weighted by molar-refractivity contribution is 5.79. The minimum absolute atomic E-state index is 0.0214. The first-order valence-electron chi connectivity index (χ1n) is 8.63. The van der Waals surface area contributed by atoms with Crippen LogP contribution in [0.2, 0.25) is 0 Å². The Kier molecular flexibility index (Phi) is 6.37. The number of Topliss-reactive ketones (excluding diaryl/α,β-unsaturated/α-hetero) is 1. The molecule has 0 aromatic rings. The Morgan fingerprint density at radius 3 is 2.79 bits per heavy atom. The maximum atomic E-state index is 12.3. The van der Waals surface area contributed by atoms with Crippen molar-refractivity contribution in [3.63, 3.8) is 0 Å². The summed E-state index contributed by atoms with van der Waals surface area (Å²) in [6, 6.07) is -0.344. The molecular formula is C17H28N2O5. The van der Waals surface area contributed by atoms with Crippen LogP contribution in [0.15, 0.2) is 11.8 Å². The summed E-state index contributed by atoms with van der Waals surface area (Å²) in [4.78, 5) is 25.5. The SMILES string of the molecule is CCCC(=O)CO[C@H]1C(O)[C@@H](CC)O[C@H]1N1C=C(C)C(C)NC1=O. The number of aliphatic hydroxyl groups is 1. The summed E-state index contributed by atoms with van der Waals surface area (Å²) in [6.07, 6.45) is 0.698. The van der Waals surface area contributed by atoms with E-state index in [1.807, 2.05) is 27.7 Å². The van der Waals surface area contributed by atoms with E-state index in [-0.39, 0.29) is 24.5 Å². The first kappa shape index (κ1) is 18.9. The van der Waals surface area contributed by atoms with Crippen LogP contribution in [0.3, 0.4) is 0 Å². The fraction of sp³-hybridized carbons (Fsp3) is 0.765. The van der Waals surface area contributed by atoms with Crippen molar-refractivity contribution >= 4 is 11.8 Å². The Bertz CT molecular complexity index is 507. The van der Waals surface area contributed by atoms with E-state index in [0.29, 0.717) is 12.8 Å². The van der Waals surface area contributed by atoms with Crippen molar-refractivity contribution in [2.24, 2.45) is 0 Å². The van der Waals surface area contributed by atoms with Crippen LogP contribution in [0.4, 0.5) is 4.79 Å². The standard InChI is InChI=1S/C17H28N2O5/c1-5-7-12(20)9-23-15-14(21)13(6-2)24-16(15)19-8-10(3)11(4)18-17(19)22/h8,11,13-16,21H,5-7,9H2,1-4H3,(H,18,22)/t11?,13-,14?,15+,16-/m1/s1. The van der Waals surface area contributed by atoms with Crippen LogP contribution in [0.5, 0.6) is 0 Å². The van der Waals surface area contributed by atoms with Gasteiger partial charge in [-0.15, -0.1) is 0 Å². The number of hydrogen-bond acceptors (Lipinski definition) is 5. The van der Waals surface area contributed by atoms with Gasteiger partial charge in [0.2, 0.25) is 0 Å². The highest BCUT2D eigenvalue weighted by Crippen LogP contribution is 2.30. The number of ether oxygens (including phenoxy) is 2. The van der Waals surface area contributed by atoms with Crippen molar-refractivity contribution in [2.75, 3.05) is 6.61 Å². The molecule has 0 bridgehead atoms. The molecule has 1 saturated heterocycles. The number of nitrogens with zero attached hydrogens (tertiary/aromatic N) is 1. The van der Waals surface area contributed by atoms with E-state index in [9.17, 15) is 14.7 Å². The van der Waals surface area contributed by atoms with Crippen molar-refractivity contribution in [2.45, 2.75) is 77.5 Å². The summed E-state index contributed by atoms with van der Waals surface area (Å²) in [5, 5.41) is 13.3. The quantitative estimate of drug-likeness (QED) is 0.734. The number of urea groups is 1. The largest absolute Gasteiger partial charge is 0.388 e. The van der Waals surface area contributed by atoms with E-state index < -0.39 is 24.5 Å². The minimum atomic E-state index is -0.879. The van der Waals surface area contributed by atoms with Crippen molar-refractivity contribution in [3.8, 4) is 0 Å². The molecule has 0 aliphatic carbocycles. The molecule has 0 aromatic heterocycles. The van der Waals surface area contributed by atoms with Crippen LogP contribution in [-0.2, 0) is 14.3 Å². The van der Waals surface area contributed by atoms with Crippen molar-refractivity contribution in [3.05, 3.63) is 11.8 Å². The molecule has 2 unspecified atom stereocenters. The molecule has 0 radical (unpaired) electrons. The molecule has 1 fully saturated rings. The maximum Gasteiger partial charge on any atom is 0.324 e. The smallest absolute Gasteiger partial charge is 0.324 e. The Balaban J connectivity index is 2.15. The third kappa shape index (κ3) is 3.96. The van der Waals surface area contributed by atoms with Gasteiger partial charge in [0, 0.05) is 12.6 Å². The number of carbonyl (C=O) groups is 2. The summed E-state index contributed by atoms with van der Waals surface area (Å²) in [5.74, 6) is -0.0214. The molecule has 0 aromatic carbocycles. The highest BCUT2D eigenvalue weighted by atomic mass is 16.6. The lowest BCUT2D eigenvalue weighted by atomic mass is 10.1. The lowest BCUT2D eigenvalue weighted by Crippen LogP contribution is -2.54. The predicted molar refractivity (Wildman–Crippen MR) is 88.2 cm³/mol. The van der Waals surface area contributed by atoms with Gasteiger partial charge in [-0.25, -0.2) is 4.79 Å². The number of rotatable bonds is 7. The molecule has 2 N–H and O–H groups in total. The van der Waals surface area contributed by atoms with Gasteiger partial charge in [-0.1, -0.05) is 13.8 Å². The topological polar surface area (TPSA) is 88.1 Å². The second-order valence-electron chi connectivity index (χ2n) is 6.48. The van der Waals surface area contributed by atoms with Crippen LogP contribution in [0.1, 0.15) is 47.0 Å². The highest BCUT2D eigenvalue weighted by Gasteiger charge is 2.48. The number of hydrogen-bond donors (Lipinski definition) is 2. The van der Waals surface area contributed by atoms with Crippen molar-refractivity contribution < 1.29 is 24.2 Å². The Morgan fingerprint density at radius 2 is 2.17 bits per heavy atom. The minimum Gasteiger partial charge on any atom is -0.388 e. The zero-order valence-corrected chi connectivity index (χ0v) is 14.8. The van der Waals surface area contributed by atoms with Gasteiger partial charge < -0.3 is 19.9 Å². The summed E-state index contributed by atoms with van der Waals surface area (Å²) in [7, 11) is 0. The van der Waals surface area contributed by atoms with Crippen LogP contribution in [0, 0.1) is 0 Å². The summed E-state index contributed by atoms with van der Waals surface area (Å²) in [6.45, 7) is 7.56. The molecule has 136 valence electrons. The Morgan fingerprint density at radius 1 is 1.46 bits per heavy atom. The van der Waals surface area contributed by atoms with E-state index in [0.717, 1.165) is 12.0 Å². The monoisotopic (exact) mass is 340 g/mol. The predicted octanol–water partition coefficient (Wildman–Crippen LogP) is 1.55. The molecule has 24 heavy (non-hydrogen) atoms. The van der Waals surface area contributed by atoms with E-state index in [1.54, 1.807) is 6.20 Å². The summed E-state index contributed by atoms with van der Waals surface area (Å²) < 4.78 is 11.5. The zero-order chi connectivity index (χ0) is 17.9. The van der Waals surface area contributed by atoms with Crippen LogP contribution < -0.4 is 5.32 Å². The first-order chi connectivity index (χ1) is 11.4. The molecule has 7 nitrogen and oxygen atoms in total. The zero-order valence-electron chi connectivity index (χ0n) is 14.8. The van der Waals surface area contributed by atoms with E-state index in [2.05, 4.69) is 5.32 Å². The molecule has 5 atom stereocenters. The van der Waals surface area contributed by atoms with Crippen LogP contribution in [0.25, 0.3) is 0 Å². The van der Waals surface area contributed by atoms with Crippen molar-refractivity contribution in [1.29, 1.82) is 0 Å².